The second-order valence-corrected chi connectivity index (χ2v) is 9.74. The van der Waals surface area contributed by atoms with E-state index in [9.17, 15) is 14.3 Å². The Morgan fingerprint density at radius 3 is 2.60 bits per heavy atom. The molecule has 4 heterocycles. The summed E-state index contributed by atoms with van der Waals surface area (Å²) in [5, 5.41) is 9.56. The maximum Gasteiger partial charge on any atom is 0.307 e. The van der Waals surface area contributed by atoms with E-state index in [0.717, 1.165) is 37.3 Å². The zero-order chi connectivity index (χ0) is 25.0. The van der Waals surface area contributed by atoms with Crippen LogP contribution in [-0.4, -0.2) is 45.7 Å². The standard InChI is InChI=1S/C27H31FN4O3/c1-18-21(15-24(33)34)25(32-11-8-27(2,3)9-12-32)22(17-30-18)19-14-23(28)26(31-16-19)35-13-7-20-6-4-5-10-29-20/h4-6,10,14,16-17H,7-9,11-13,15H2,1-3H3,(H,33,34). The number of halogens is 1. The molecule has 35 heavy (non-hydrogen) atoms. The van der Waals surface area contributed by atoms with E-state index < -0.39 is 11.8 Å². The molecule has 0 atom stereocenters. The van der Waals surface area contributed by atoms with Crippen molar-refractivity contribution in [3.8, 4) is 17.0 Å². The topological polar surface area (TPSA) is 88.4 Å². The number of aliphatic carboxylic acids is 1. The van der Waals surface area contributed by atoms with Crippen LogP contribution in [-0.2, 0) is 17.6 Å². The minimum absolute atomic E-state index is 0.0724. The predicted molar refractivity (Wildman–Crippen MR) is 132 cm³/mol. The minimum Gasteiger partial charge on any atom is -0.481 e. The Morgan fingerprint density at radius 1 is 1.17 bits per heavy atom. The maximum atomic E-state index is 15.0. The quantitative estimate of drug-likeness (QED) is 0.495. The Morgan fingerprint density at radius 2 is 1.94 bits per heavy atom. The molecule has 1 aliphatic heterocycles. The summed E-state index contributed by atoms with van der Waals surface area (Å²) in [7, 11) is 0. The van der Waals surface area contributed by atoms with Gasteiger partial charge in [0.15, 0.2) is 5.82 Å². The van der Waals surface area contributed by atoms with Gasteiger partial charge in [-0.3, -0.25) is 14.8 Å². The molecule has 184 valence electrons. The van der Waals surface area contributed by atoms with Crippen LogP contribution in [0.5, 0.6) is 5.88 Å². The predicted octanol–water partition coefficient (Wildman–Crippen LogP) is 4.86. The molecule has 1 aliphatic rings. The van der Waals surface area contributed by atoms with Crippen LogP contribution < -0.4 is 9.64 Å². The van der Waals surface area contributed by atoms with E-state index >= 15 is 0 Å². The van der Waals surface area contributed by atoms with Crippen LogP contribution in [0.4, 0.5) is 10.1 Å². The van der Waals surface area contributed by atoms with Gasteiger partial charge in [-0.1, -0.05) is 19.9 Å². The van der Waals surface area contributed by atoms with Gasteiger partial charge in [-0.05, 0) is 43.4 Å². The summed E-state index contributed by atoms with van der Waals surface area (Å²) in [6.45, 7) is 8.14. The molecule has 0 amide bonds. The Kier molecular flexibility index (Phi) is 7.28. The fourth-order valence-electron chi connectivity index (χ4n) is 4.38. The van der Waals surface area contributed by atoms with Gasteiger partial charge in [0.25, 0.3) is 0 Å². The molecule has 0 aliphatic carbocycles. The second kappa shape index (κ2) is 10.4. The largest absolute Gasteiger partial charge is 0.481 e. The highest BCUT2D eigenvalue weighted by atomic mass is 19.1. The molecule has 4 rings (SSSR count). The summed E-state index contributed by atoms with van der Waals surface area (Å²) < 4.78 is 20.6. The highest BCUT2D eigenvalue weighted by molar-refractivity contribution is 5.84. The molecule has 3 aromatic rings. The Bertz CT molecular complexity index is 1190. The average molecular weight is 479 g/mol. The summed E-state index contributed by atoms with van der Waals surface area (Å²) in [5.41, 5.74) is 4.44. The van der Waals surface area contributed by atoms with Gasteiger partial charge < -0.3 is 14.7 Å². The molecule has 0 spiro atoms. The van der Waals surface area contributed by atoms with Crippen LogP contribution in [0.3, 0.4) is 0 Å². The summed E-state index contributed by atoms with van der Waals surface area (Å²) >= 11 is 0. The van der Waals surface area contributed by atoms with E-state index in [2.05, 4.69) is 33.7 Å². The number of hydrogen-bond acceptors (Lipinski definition) is 6. The first-order valence-corrected chi connectivity index (χ1v) is 11.9. The zero-order valence-corrected chi connectivity index (χ0v) is 20.4. The van der Waals surface area contributed by atoms with Crippen molar-refractivity contribution in [3.05, 3.63) is 65.6 Å². The Balaban J connectivity index is 1.63. The lowest BCUT2D eigenvalue weighted by atomic mass is 9.82. The third-order valence-corrected chi connectivity index (χ3v) is 6.57. The van der Waals surface area contributed by atoms with E-state index in [1.165, 1.54) is 6.07 Å². The third-order valence-electron chi connectivity index (χ3n) is 6.57. The first kappa shape index (κ1) is 24.6. The number of aromatic nitrogens is 3. The minimum atomic E-state index is -0.924. The van der Waals surface area contributed by atoms with Gasteiger partial charge in [0.2, 0.25) is 5.88 Å². The lowest BCUT2D eigenvalue weighted by Crippen LogP contribution is -2.38. The van der Waals surface area contributed by atoms with Gasteiger partial charge in [-0.2, -0.15) is 0 Å². The number of rotatable bonds is 8. The zero-order valence-electron chi connectivity index (χ0n) is 20.4. The number of carbonyl (C=O) groups is 1. The van der Waals surface area contributed by atoms with E-state index in [1.807, 2.05) is 25.1 Å². The molecule has 1 fully saturated rings. The fourth-order valence-corrected chi connectivity index (χ4v) is 4.38. The Hall–Kier alpha value is -3.55. The van der Waals surface area contributed by atoms with Gasteiger partial charge >= 0.3 is 5.97 Å². The number of aryl methyl sites for hydroxylation is 1. The molecule has 1 saturated heterocycles. The van der Waals surface area contributed by atoms with Crippen LogP contribution >= 0.6 is 0 Å². The lowest BCUT2D eigenvalue weighted by molar-refractivity contribution is -0.136. The molecule has 7 nitrogen and oxygen atoms in total. The molecule has 0 radical (unpaired) electrons. The van der Waals surface area contributed by atoms with Gasteiger partial charge in [0, 0.05) is 66.2 Å². The van der Waals surface area contributed by atoms with Gasteiger partial charge in [-0.25, -0.2) is 9.37 Å². The smallest absolute Gasteiger partial charge is 0.307 e. The number of carboxylic acids is 1. The normalized spacial score (nSPS) is 15.1. The monoisotopic (exact) mass is 478 g/mol. The van der Waals surface area contributed by atoms with E-state index in [4.69, 9.17) is 4.74 Å². The van der Waals surface area contributed by atoms with E-state index in [1.54, 1.807) is 18.6 Å². The van der Waals surface area contributed by atoms with Crippen molar-refractivity contribution in [1.29, 1.82) is 0 Å². The molecule has 8 heteroatoms. The first-order chi connectivity index (χ1) is 16.7. The van der Waals surface area contributed by atoms with Crippen LogP contribution in [0, 0.1) is 18.2 Å². The average Bonchev–Trinajstić information content (AvgIpc) is 2.82. The SMILES string of the molecule is Cc1ncc(-c2cnc(OCCc3ccccn3)c(F)c2)c(N2CCC(C)(C)CC2)c1CC(=O)O. The number of carboxylic acid groups (broad SMARTS) is 1. The van der Waals surface area contributed by atoms with E-state index in [0.29, 0.717) is 28.8 Å². The van der Waals surface area contributed by atoms with Crippen LogP contribution in [0.15, 0.2) is 42.9 Å². The molecule has 3 aromatic heterocycles. The van der Waals surface area contributed by atoms with Gasteiger partial charge in [0.05, 0.1) is 18.7 Å². The molecule has 0 aromatic carbocycles. The molecular weight excluding hydrogens is 447 g/mol. The summed E-state index contributed by atoms with van der Waals surface area (Å²) in [6.07, 6.45) is 7.32. The van der Waals surface area contributed by atoms with Crippen molar-refractivity contribution in [2.24, 2.45) is 5.41 Å². The van der Waals surface area contributed by atoms with Crippen molar-refractivity contribution >= 4 is 11.7 Å². The van der Waals surface area contributed by atoms with Crippen LogP contribution in [0.2, 0.25) is 0 Å². The first-order valence-electron chi connectivity index (χ1n) is 11.9. The number of anilines is 1. The summed E-state index contributed by atoms with van der Waals surface area (Å²) in [4.78, 5) is 26.8. The summed E-state index contributed by atoms with van der Waals surface area (Å²) in [6, 6.07) is 7.01. The number of piperidine rings is 1. The molecule has 0 bridgehead atoms. The number of nitrogens with zero attached hydrogens (tertiary/aromatic N) is 4. The van der Waals surface area contributed by atoms with Gasteiger partial charge in [-0.15, -0.1) is 0 Å². The number of ether oxygens (including phenoxy) is 1. The third kappa shape index (κ3) is 5.93. The van der Waals surface area contributed by atoms with Crippen LogP contribution in [0.1, 0.15) is 43.6 Å². The molecule has 1 N–H and O–H groups in total. The molecule has 0 saturated carbocycles. The highest BCUT2D eigenvalue weighted by Crippen LogP contribution is 2.40. The maximum absolute atomic E-state index is 15.0. The van der Waals surface area contributed by atoms with E-state index in [-0.39, 0.29) is 24.3 Å². The fraction of sp³-hybridized carbons (Fsp3) is 0.407. The number of pyridine rings is 3. The Labute approximate surface area is 205 Å². The summed E-state index contributed by atoms with van der Waals surface area (Å²) in [5.74, 6) is -1.57. The molecular formula is C27H31FN4O3. The van der Waals surface area contributed by atoms with Crippen molar-refractivity contribution < 1.29 is 19.0 Å². The van der Waals surface area contributed by atoms with Crippen LogP contribution in [0.25, 0.3) is 11.1 Å². The molecule has 0 unspecified atom stereocenters. The van der Waals surface area contributed by atoms with Crippen molar-refractivity contribution in [2.75, 3.05) is 24.6 Å². The number of hydrogen-bond donors (Lipinski definition) is 1. The van der Waals surface area contributed by atoms with Gasteiger partial charge in [0.1, 0.15) is 0 Å². The van der Waals surface area contributed by atoms with Crippen molar-refractivity contribution in [3.63, 3.8) is 0 Å². The van der Waals surface area contributed by atoms with Crippen molar-refractivity contribution in [1.82, 2.24) is 15.0 Å². The second-order valence-electron chi connectivity index (χ2n) is 9.74. The highest BCUT2D eigenvalue weighted by Gasteiger charge is 2.29. The van der Waals surface area contributed by atoms with Crippen molar-refractivity contribution in [2.45, 2.75) is 46.5 Å². The lowest BCUT2D eigenvalue weighted by Gasteiger charge is -2.40.